The molecule has 2 rings (SSSR count). The number of hydrogen-bond donors (Lipinski definition) is 0. The fourth-order valence-electron chi connectivity index (χ4n) is 1.09. The molecule has 0 aliphatic carbocycles. The first-order valence-electron chi connectivity index (χ1n) is 5.10. The molecule has 0 aliphatic rings. The fourth-order valence-corrected chi connectivity index (χ4v) is 1.09. The van der Waals surface area contributed by atoms with Gasteiger partial charge in [-0.25, -0.2) is 0 Å². The van der Waals surface area contributed by atoms with Crippen LogP contribution in [0.15, 0.2) is 48.5 Å². The molecule has 0 spiro atoms. The molecule has 17 heavy (non-hydrogen) atoms. The zero-order chi connectivity index (χ0) is 11.8. The number of hydrogen-bond acceptors (Lipinski definition) is 1. The Bertz CT molecular complexity index is 423. The van der Waals surface area contributed by atoms with E-state index in [0.717, 1.165) is 5.56 Å². The molecule has 2 aromatic rings. The second-order valence-corrected chi connectivity index (χ2v) is 3.42. The maximum atomic E-state index is 10.6. The molecule has 0 amide bonds. The molecule has 0 fully saturated rings. The van der Waals surface area contributed by atoms with Crippen LogP contribution in [0.5, 0.6) is 0 Å². The maximum absolute atomic E-state index is 10.6. The molecular formula is C15H14OY-2. The maximum Gasteiger partial charge on any atom is 0.135 e. The van der Waals surface area contributed by atoms with Crippen molar-refractivity contribution in [3.63, 3.8) is 0 Å². The van der Waals surface area contributed by atoms with E-state index in [1.807, 2.05) is 24.3 Å². The van der Waals surface area contributed by atoms with E-state index in [2.05, 4.69) is 19.1 Å². The molecule has 0 saturated heterocycles. The van der Waals surface area contributed by atoms with Gasteiger partial charge in [0.25, 0.3) is 0 Å². The fraction of sp³-hybridized carbons (Fsp3) is 0.133. The molecule has 1 radical (unpaired) electrons. The van der Waals surface area contributed by atoms with Crippen LogP contribution in [0.4, 0.5) is 0 Å². The minimum Gasteiger partial charge on any atom is -0.297 e. The van der Waals surface area contributed by atoms with Crippen molar-refractivity contribution in [1.82, 2.24) is 0 Å². The summed E-state index contributed by atoms with van der Waals surface area (Å²) in [5.74, 6) is 0.101. The summed E-state index contributed by atoms with van der Waals surface area (Å²) in [7, 11) is 0. The van der Waals surface area contributed by atoms with Crippen LogP contribution in [-0.4, -0.2) is 5.78 Å². The number of aryl methyl sites for hydroxylation is 1. The van der Waals surface area contributed by atoms with Gasteiger partial charge in [-0.05, 0) is 6.92 Å². The average Bonchev–Trinajstić information content (AvgIpc) is 2.32. The van der Waals surface area contributed by atoms with Crippen LogP contribution in [0.25, 0.3) is 0 Å². The summed E-state index contributed by atoms with van der Waals surface area (Å²) in [4.78, 5) is 10.6. The molecule has 0 saturated carbocycles. The van der Waals surface area contributed by atoms with E-state index in [4.69, 9.17) is 0 Å². The van der Waals surface area contributed by atoms with Gasteiger partial charge in [0, 0.05) is 32.7 Å². The summed E-state index contributed by atoms with van der Waals surface area (Å²) in [5.41, 5.74) is 2.03. The van der Waals surface area contributed by atoms with Crippen molar-refractivity contribution in [2.75, 3.05) is 0 Å². The molecule has 0 atom stereocenters. The van der Waals surface area contributed by atoms with Crippen LogP contribution >= 0.6 is 0 Å². The van der Waals surface area contributed by atoms with Gasteiger partial charge in [0.15, 0.2) is 0 Å². The average molecular weight is 299 g/mol. The van der Waals surface area contributed by atoms with Crippen molar-refractivity contribution >= 4 is 5.78 Å². The molecule has 85 valence electrons. The summed E-state index contributed by atoms with van der Waals surface area (Å²) in [6.07, 6.45) is 0. The molecule has 1 nitrogen and oxygen atoms in total. The van der Waals surface area contributed by atoms with Crippen molar-refractivity contribution in [3.05, 3.63) is 71.8 Å². The molecule has 0 N–H and O–H groups in total. The van der Waals surface area contributed by atoms with E-state index in [9.17, 15) is 4.79 Å². The smallest absolute Gasteiger partial charge is 0.135 e. The molecule has 0 bridgehead atoms. The first kappa shape index (κ1) is 16.2. The van der Waals surface area contributed by atoms with E-state index in [0.29, 0.717) is 0 Å². The third-order valence-corrected chi connectivity index (χ3v) is 2.01. The number of carbonyl (C=O) groups excluding carboxylic acids is 1. The predicted octanol–water partition coefficient (Wildman–Crippen LogP) is 3.48. The van der Waals surface area contributed by atoms with Gasteiger partial charge in [0.1, 0.15) is 5.78 Å². The Kier molecular flexibility index (Phi) is 8.84. The minimum atomic E-state index is 0. The Morgan fingerprint density at radius 2 is 1.35 bits per heavy atom. The normalized spacial score (nSPS) is 8.35. The topological polar surface area (TPSA) is 17.1 Å². The van der Waals surface area contributed by atoms with E-state index < -0.39 is 0 Å². The van der Waals surface area contributed by atoms with Crippen molar-refractivity contribution in [2.24, 2.45) is 0 Å². The first-order valence-corrected chi connectivity index (χ1v) is 5.10. The second-order valence-electron chi connectivity index (χ2n) is 3.42. The summed E-state index contributed by atoms with van der Waals surface area (Å²) in [6, 6.07) is 20.6. The van der Waals surface area contributed by atoms with Crippen molar-refractivity contribution in [3.8, 4) is 0 Å². The zero-order valence-electron chi connectivity index (χ0n) is 10.1. The van der Waals surface area contributed by atoms with Gasteiger partial charge in [-0.2, -0.15) is 66.2 Å². The Morgan fingerprint density at radius 3 is 1.59 bits per heavy atom. The zero-order valence-corrected chi connectivity index (χ0v) is 12.9. The molecule has 2 heteroatoms. The first-order chi connectivity index (χ1) is 7.70. The van der Waals surface area contributed by atoms with E-state index in [1.54, 1.807) is 31.2 Å². The molecule has 0 aliphatic heterocycles. The summed E-state index contributed by atoms with van der Waals surface area (Å²) < 4.78 is 0. The number of Topliss-reactive ketones (excluding diaryl/α,β-unsaturated/α-hetero) is 1. The van der Waals surface area contributed by atoms with Crippen LogP contribution in [0, 0.1) is 19.1 Å². The van der Waals surface area contributed by atoms with E-state index >= 15 is 0 Å². The molecule has 0 unspecified atom stereocenters. The third kappa shape index (κ3) is 7.20. The summed E-state index contributed by atoms with van der Waals surface area (Å²) in [5, 5.41) is 0. The Balaban J connectivity index is 0.000000292. The van der Waals surface area contributed by atoms with Crippen LogP contribution in [-0.2, 0) is 32.7 Å². The van der Waals surface area contributed by atoms with Crippen molar-refractivity contribution in [2.45, 2.75) is 13.8 Å². The molecular weight excluding hydrogens is 285 g/mol. The van der Waals surface area contributed by atoms with Crippen LogP contribution in [0.1, 0.15) is 22.8 Å². The van der Waals surface area contributed by atoms with Crippen LogP contribution in [0.2, 0.25) is 0 Å². The third-order valence-electron chi connectivity index (χ3n) is 2.01. The molecule has 0 heterocycles. The van der Waals surface area contributed by atoms with Crippen molar-refractivity contribution < 1.29 is 37.5 Å². The van der Waals surface area contributed by atoms with Crippen molar-refractivity contribution in [1.29, 1.82) is 0 Å². The monoisotopic (exact) mass is 299 g/mol. The number of ketones is 1. The van der Waals surface area contributed by atoms with E-state index in [1.165, 1.54) is 5.56 Å². The van der Waals surface area contributed by atoms with Gasteiger partial charge in [-0.15, -0.1) is 0 Å². The summed E-state index contributed by atoms with van der Waals surface area (Å²) in [6.45, 7) is 3.61. The Morgan fingerprint density at radius 1 is 0.941 bits per heavy atom. The standard InChI is InChI=1S/C8H7O.C7H7.Y/c1-7(9)8-5-3-2-4-6-8;1-7-5-3-2-4-6-7;/h3-6H,1H3;3-6H,1H3;/q2*-1;. The largest absolute Gasteiger partial charge is 0.297 e. The van der Waals surface area contributed by atoms with Gasteiger partial charge >= 0.3 is 0 Å². The Labute approximate surface area is 128 Å². The van der Waals surface area contributed by atoms with Gasteiger partial charge in [0.2, 0.25) is 0 Å². The van der Waals surface area contributed by atoms with Crippen LogP contribution in [0.3, 0.4) is 0 Å². The van der Waals surface area contributed by atoms with E-state index in [-0.39, 0.29) is 38.5 Å². The molecule has 2 aromatic carbocycles. The number of carbonyl (C=O) groups is 1. The van der Waals surface area contributed by atoms with Crippen LogP contribution < -0.4 is 0 Å². The SMILES string of the molecule is CC(=O)c1cc[c-]cc1.Cc1cc[c-]cc1.[Y]. The van der Waals surface area contributed by atoms with Gasteiger partial charge in [-0.1, -0.05) is 12.5 Å². The quantitative estimate of drug-likeness (QED) is 0.582. The molecule has 0 aromatic heterocycles. The van der Waals surface area contributed by atoms with Gasteiger partial charge in [0.05, 0.1) is 0 Å². The second kappa shape index (κ2) is 9.27. The minimum absolute atomic E-state index is 0. The van der Waals surface area contributed by atoms with Gasteiger partial charge in [-0.3, -0.25) is 4.79 Å². The predicted molar refractivity (Wildman–Crippen MR) is 65.3 cm³/mol. The number of benzene rings is 2. The Hall–Kier alpha value is -0.786. The number of rotatable bonds is 1. The van der Waals surface area contributed by atoms with Gasteiger partial charge < -0.3 is 0 Å². The summed E-state index contributed by atoms with van der Waals surface area (Å²) >= 11 is 0.